The Morgan fingerprint density at radius 3 is 2.64 bits per heavy atom. The van der Waals surface area contributed by atoms with E-state index in [9.17, 15) is 4.79 Å². The van der Waals surface area contributed by atoms with Crippen LogP contribution in [-0.2, 0) is 11.2 Å². The van der Waals surface area contributed by atoms with Crippen molar-refractivity contribution in [2.24, 2.45) is 5.92 Å². The summed E-state index contributed by atoms with van der Waals surface area (Å²) in [5.74, 6) is 0.599. The van der Waals surface area contributed by atoms with Gasteiger partial charge in [-0.1, -0.05) is 17.7 Å². The van der Waals surface area contributed by atoms with Gasteiger partial charge in [0.15, 0.2) is 0 Å². The number of carbonyl (C=O) groups is 1. The quantitative estimate of drug-likeness (QED) is 0.904. The highest BCUT2D eigenvalue weighted by atomic mass is 35.5. The number of fused-ring (bicyclic) bond motifs is 1. The van der Waals surface area contributed by atoms with Crippen LogP contribution in [0.2, 0.25) is 5.02 Å². The molecule has 0 spiro atoms. The van der Waals surface area contributed by atoms with E-state index in [1.54, 1.807) is 6.07 Å². The van der Waals surface area contributed by atoms with E-state index in [0.29, 0.717) is 18.1 Å². The van der Waals surface area contributed by atoms with Crippen LogP contribution in [0, 0.1) is 19.8 Å². The van der Waals surface area contributed by atoms with Crippen molar-refractivity contribution in [3.8, 4) is 5.75 Å². The van der Waals surface area contributed by atoms with Gasteiger partial charge >= 0.3 is 0 Å². The van der Waals surface area contributed by atoms with Gasteiger partial charge in [0.25, 0.3) is 0 Å². The maximum atomic E-state index is 12.5. The summed E-state index contributed by atoms with van der Waals surface area (Å²) in [6, 6.07) is 11.6. The van der Waals surface area contributed by atoms with Crippen molar-refractivity contribution in [3.05, 3.63) is 58.1 Å². The van der Waals surface area contributed by atoms with Gasteiger partial charge in [-0.05, 0) is 67.3 Å². The van der Waals surface area contributed by atoms with E-state index < -0.39 is 0 Å². The lowest BCUT2D eigenvalue weighted by Gasteiger charge is -2.24. The van der Waals surface area contributed by atoms with Gasteiger partial charge in [0.1, 0.15) is 12.4 Å². The Morgan fingerprint density at radius 1 is 1.18 bits per heavy atom. The molecule has 0 saturated heterocycles. The molecule has 4 heteroatoms. The summed E-state index contributed by atoms with van der Waals surface area (Å²) in [4.78, 5) is 12.5. The molecule has 22 heavy (non-hydrogen) atoms. The summed E-state index contributed by atoms with van der Waals surface area (Å²) in [5.41, 5.74) is 4.08. The first-order valence-electron chi connectivity index (χ1n) is 7.31. The third-order valence-corrected chi connectivity index (χ3v) is 4.02. The monoisotopic (exact) mass is 315 g/mol. The van der Waals surface area contributed by atoms with Gasteiger partial charge in [-0.3, -0.25) is 4.79 Å². The van der Waals surface area contributed by atoms with E-state index in [2.05, 4.69) is 11.4 Å². The van der Waals surface area contributed by atoms with Crippen LogP contribution in [0.15, 0.2) is 36.4 Å². The smallest absolute Gasteiger partial charge is 0.231 e. The van der Waals surface area contributed by atoms with Gasteiger partial charge in [-0.15, -0.1) is 0 Å². The predicted molar refractivity (Wildman–Crippen MR) is 88.7 cm³/mol. The van der Waals surface area contributed by atoms with Crippen molar-refractivity contribution in [1.82, 2.24) is 0 Å². The van der Waals surface area contributed by atoms with E-state index in [0.717, 1.165) is 28.1 Å². The molecule has 114 valence electrons. The lowest BCUT2D eigenvalue weighted by atomic mass is 9.96. The van der Waals surface area contributed by atoms with E-state index in [1.165, 1.54) is 0 Å². The molecule has 1 aliphatic rings. The fourth-order valence-corrected chi connectivity index (χ4v) is 3.02. The summed E-state index contributed by atoms with van der Waals surface area (Å²) < 4.78 is 5.68. The molecule has 3 rings (SSSR count). The van der Waals surface area contributed by atoms with Crippen LogP contribution in [0.3, 0.4) is 0 Å². The minimum absolute atomic E-state index is 0.0179. The topological polar surface area (TPSA) is 38.3 Å². The number of hydrogen-bond acceptors (Lipinski definition) is 2. The maximum absolute atomic E-state index is 12.5. The maximum Gasteiger partial charge on any atom is 0.231 e. The number of ether oxygens (including phenoxy) is 1. The number of anilines is 1. The van der Waals surface area contributed by atoms with Gasteiger partial charge in [0, 0.05) is 10.7 Å². The van der Waals surface area contributed by atoms with Crippen LogP contribution >= 0.6 is 11.6 Å². The fourth-order valence-electron chi connectivity index (χ4n) is 2.82. The fraction of sp³-hybridized carbons (Fsp3) is 0.278. The largest absolute Gasteiger partial charge is 0.492 e. The first-order valence-corrected chi connectivity index (χ1v) is 7.69. The Hall–Kier alpha value is -2.00. The standard InChI is InChI=1S/C18H18ClNO2/c1-11-5-12(2)7-16(6-11)20-18(21)14-8-13-9-15(19)3-4-17(13)22-10-14/h3-7,9,14H,8,10H2,1-2H3,(H,20,21). The molecule has 1 atom stereocenters. The summed E-state index contributed by atoms with van der Waals surface area (Å²) in [6.45, 7) is 4.43. The van der Waals surface area contributed by atoms with Gasteiger partial charge in [-0.2, -0.15) is 0 Å². The van der Waals surface area contributed by atoms with Crippen LogP contribution in [0.5, 0.6) is 5.75 Å². The summed E-state index contributed by atoms with van der Waals surface area (Å²) in [5, 5.41) is 3.65. The summed E-state index contributed by atoms with van der Waals surface area (Å²) >= 11 is 6.01. The van der Waals surface area contributed by atoms with Crippen molar-refractivity contribution in [2.75, 3.05) is 11.9 Å². The lowest BCUT2D eigenvalue weighted by molar-refractivity contribution is -0.121. The highest BCUT2D eigenvalue weighted by Gasteiger charge is 2.26. The number of amides is 1. The molecule has 0 saturated carbocycles. The third-order valence-electron chi connectivity index (χ3n) is 3.79. The van der Waals surface area contributed by atoms with Crippen LogP contribution in [0.1, 0.15) is 16.7 Å². The first kappa shape index (κ1) is 14.9. The minimum atomic E-state index is -0.202. The van der Waals surface area contributed by atoms with Crippen molar-refractivity contribution < 1.29 is 9.53 Å². The highest BCUT2D eigenvalue weighted by molar-refractivity contribution is 6.30. The Bertz CT molecular complexity index is 707. The zero-order valence-electron chi connectivity index (χ0n) is 12.7. The Labute approximate surface area is 135 Å². The zero-order chi connectivity index (χ0) is 15.7. The molecule has 1 N–H and O–H groups in total. The van der Waals surface area contributed by atoms with E-state index in [1.807, 2.05) is 38.1 Å². The van der Waals surface area contributed by atoms with Gasteiger partial charge in [0.05, 0.1) is 5.92 Å². The normalized spacial score (nSPS) is 16.6. The molecule has 1 aliphatic heterocycles. The van der Waals surface area contributed by atoms with E-state index >= 15 is 0 Å². The average molecular weight is 316 g/mol. The molecule has 0 aromatic heterocycles. The molecule has 1 unspecified atom stereocenters. The molecule has 2 aromatic carbocycles. The highest BCUT2D eigenvalue weighted by Crippen LogP contribution is 2.30. The summed E-state index contributed by atoms with van der Waals surface area (Å²) in [7, 11) is 0. The van der Waals surface area contributed by atoms with Crippen molar-refractivity contribution >= 4 is 23.2 Å². The second-order valence-corrected chi connectivity index (χ2v) is 6.27. The molecule has 0 radical (unpaired) electrons. The second-order valence-electron chi connectivity index (χ2n) is 5.83. The Morgan fingerprint density at radius 2 is 1.91 bits per heavy atom. The van der Waals surface area contributed by atoms with Crippen LogP contribution < -0.4 is 10.1 Å². The predicted octanol–water partition coefficient (Wildman–Crippen LogP) is 4.15. The van der Waals surface area contributed by atoms with Crippen molar-refractivity contribution in [3.63, 3.8) is 0 Å². The number of rotatable bonds is 2. The van der Waals surface area contributed by atoms with Crippen molar-refractivity contribution in [2.45, 2.75) is 20.3 Å². The SMILES string of the molecule is Cc1cc(C)cc(NC(=O)C2COc3ccc(Cl)cc3C2)c1. The number of carbonyl (C=O) groups excluding carboxylic acids is 1. The van der Waals surface area contributed by atoms with E-state index in [4.69, 9.17) is 16.3 Å². The Kier molecular flexibility index (Phi) is 4.08. The molecular weight excluding hydrogens is 298 g/mol. The number of aryl methyl sites for hydroxylation is 2. The molecule has 3 nitrogen and oxygen atoms in total. The van der Waals surface area contributed by atoms with Crippen LogP contribution in [0.25, 0.3) is 0 Å². The number of hydrogen-bond donors (Lipinski definition) is 1. The zero-order valence-corrected chi connectivity index (χ0v) is 13.4. The van der Waals surface area contributed by atoms with Gasteiger partial charge in [-0.25, -0.2) is 0 Å². The van der Waals surface area contributed by atoms with Crippen LogP contribution in [-0.4, -0.2) is 12.5 Å². The molecule has 2 aromatic rings. The third kappa shape index (κ3) is 3.25. The van der Waals surface area contributed by atoms with Crippen molar-refractivity contribution in [1.29, 1.82) is 0 Å². The molecule has 0 fully saturated rings. The summed E-state index contributed by atoms with van der Waals surface area (Å²) in [6.07, 6.45) is 0.645. The number of halogens is 1. The molecule has 0 bridgehead atoms. The van der Waals surface area contributed by atoms with Gasteiger partial charge in [0.2, 0.25) is 5.91 Å². The first-order chi connectivity index (χ1) is 10.5. The Balaban J connectivity index is 1.73. The number of nitrogens with one attached hydrogen (secondary N) is 1. The van der Waals surface area contributed by atoms with Crippen LogP contribution in [0.4, 0.5) is 5.69 Å². The minimum Gasteiger partial charge on any atom is -0.492 e. The molecule has 1 amide bonds. The lowest BCUT2D eigenvalue weighted by Crippen LogP contribution is -2.32. The van der Waals surface area contributed by atoms with Gasteiger partial charge < -0.3 is 10.1 Å². The molecule has 0 aliphatic carbocycles. The second kappa shape index (κ2) is 6.01. The van der Waals surface area contributed by atoms with E-state index in [-0.39, 0.29) is 11.8 Å². The number of benzene rings is 2. The molecular formula is C18H18ClNO2. The molecule has 1 heterocycles. The average Bonchev–Trinajstić information content (AvgIpc) is 2.45.